The van der Waals surface area contributed by atoms with E-state index in [1.807, 2.05) is 0 Å². The highest BCUT2D eigenvalue weighted by atomic mass is 32.2. The standard InChI is InChI=1S/C11H11NO5S/c13-6-5-12-18(15,16)9-2-3-10-8(7-9)1-4-11(14)17-10/h1-4,7,12-13H,5-6H2. The summed E-state index contributed by atoms with van der Waals surface area (Å²) in [7, 11) is -3.65. The van der Waals surface area contributed by atoms with Crippen molar-refractivity contribution < 1.29 is 17.9 Å². The molecule has 1 aromatic carbocycles. The maximum absolute atomic E-state index is 11.8. The molecule has 0 aliphatic rings. The van der Waals surface area contributed by atoms with Crippen molar-refractivity contribution in [1.29, 1.82) is 0 Å². The molecule has 2 N–H and O–H groups in total. The third kappa shape index (κ3) is 2.58. The van der Waals surface area contributed by atoms with E-state index in [-0.39, 0.29) is 18.0 Å². The highest BCUT2D eigenvalue weighted by Crippen LogP contribution is 2.17. The van der Waals surface area contributed by atoms with Gasteiger partial charge < -0.3 is 9.52 Å². The molecule has 2 aromatic rings. The maximum Gasteiger partial charge on any atom is 0.336 e. The molecule has 2 rings (SSSR count). The third-order valence-electron chi connectivity index (χ3n) is 2.30. The molecule has 0 bridgehead atoms. The molecule has 0 unspecified atom stereocenters. The molecule has 0 saturated heterocycles. The second-order valence-electron chi connectivity index (χ2n) is 3.58. The van der Waals surface area contributed by atoms with Crippen LogP contribution in [0.1, 0.15) is 0 Å². The molecular weight excluding hydrogens is 258 g/mol. The zero-order valence-corrected chi connectivity index (χ0v) is 10.1. The van der Waals surface area contributed by atoms with Gasteiger partial charge in [0, 0.05) is 18.0 Å². The fourth-order valence-corrected chi connectivity index (χ4v) is 2.54. The Morgan fingerprint density at radius 1 is 1.22 bits per heavy atom. The van der Waals surface area contributed by atoms with Crippen LogP contribution in [0.5, 0.6) is 0 Å². The molecular formula is C11H11NO5S. The van der Waals surface area contributed by atoms with Crippen molar-refractivity contribution in [3.8, 4) is 0 Å². The van der Waals surface area contributed by atoms with Crippen LogP contribution < -0.4 is 10.3 Å². The van der Waals surface area contributed by atoms with Gasteiger partial charge in [-0.05, 0) is 24.3 Å². The minimum absolute atomic E-state index is 0.0513. The minimum atomic E-state index is -3.65. The summed E-state index contributed by atoms with van der Waals surface area (Å²) in [6.07, 6.45) is 0. The summed E-state index contributed by atoms with van der Waals surface area (Å²) in [4.78, 5) is 11.0. The number of fused-ring (bicyclic) bond motifs is 1. The Hall–Kier alpha value is -1.70. The van der Waals surface area contributed by atoms with E-state index in [4.69, 9.17) is 9.52 Å². The molecule has 6 nitrogen and oxygen atoms in total. The summed E-state index contributed by atoms with van der Waals surface area (Å²) in [5.41, 5.74) is -0.167. The lowest BCUT2D eigenvalue weighted by Gasteiger charge is -2.05. The summed E-state index contributed by atoms with van der Waals surface area (Å²) in [5, 5.41) is 9.12. The average molecular weight is 269 g/mol. The topological polar surface area (TPSA) is 96.6 Å². The van der Waals surface area contributed by atoms with Gasteiger partial charge in [0.2, 0.25) is 10.0 Å². The van der Waals surface area contributed by atoms with Crippen molar-refractivity contribution in [2.45, 2.75) is 4.90 Å². The Kier molecular flexibility index (Phi) is 3.46. The van der Waals surface area contributed by atoms with E-state index < -0.39 is 15.6 Å². The minimum Gasteiger partial charge on any atom is -0.423 e. The third-order valence-corrected chi connectivity index (χ3v) is 3.76. The lowest BCUT2D eigenvalue weighted by Crippen LogP contribution is -2.26. The normalized spacial score (nSPS) is 11.8. The molecule has 1 heterocycles. The first-order chi connectivity index (χ1) is 8.53. The van der Waals surface area contributed by atoms with Crippen LogP contribution in [0, 0.1) is 0 Å². The molecule has 7 heteroatoms. The van der Waals surface area contributed by atoms with E-state index in [0.29, 0.717) is 11.0 Å². The van der Waals surface area contributed by atoms with Crippen molar-refractivity contribution in [3.05, 3.63) is 40.8 Å². The first-order valence-electron chi connectivity index (χ1n) is 5.17. The largest absolute Gasteiger partial charge is 0.423 e. The molecule has 0 saturated carbocycles. The van der Waals surface area contributed by atoms with E-state index in [0.717, 1.165) is 0 Å². The van der Waals surface area contributed by atoms with Gasteiger partial charge in [0.05, 0.1) is 11.5 Å². The highest BCUT2D eigenvalue weighted by molar-refractivity contribution is 7.89. The summed E-state index contributed by atoms with van der Waals surface area (Å²) in [5.74, 6) is 0. The quantitative estimate of drug-likeness (QED) is 0.765. The van der Waals surface area contributed by atoms with Crippen LogP contribution in [-0.4, -0.2) is 26.7 Å². The fourth-order valence-electron chi connectivity index (χ4n) is 1.48. The van der Waals surface area contributed by atoms with E-state index in [1.54, 1.807) is 0 Å². The number of aliphatic hydroxyl groups excluding tert-OH is 1. The molecule has 0 atom stereocenters. The maximum atomic E-state index is 11.8. The monoisotopic (exact) mass is 269 g/mol. The van der Waals surface area contributed by atoms with Gasteiger partial charge >= 0.3 is 5.63 Å². The van der Waals surface area contributed by atoms with Crippen LogP contribution >= 0.6 is 0 Å². The Morgan fingerprint density at radius 3 is 2.72 bits per heavy atom. The Bertz CT molecular complexity index is 720. The number of benzene rings is 1. The molecule has 0 aliphatic heterocycles. The summed E-state index contributed by atoms with van der Waals surface area (Å²) < 4.78 is 30.7. The Balaban J connectivity index is 2.47. The van der Waals surface area contributed by atoms with Gasteiger partial charge in [0.15, 0.2) is 0 Å². The molecule has 0 spiro atoms. The van der Waals surface area contributed by atoms with Crippen LogP contribution in [0.3, 0.4) is 0 Å². The zero-order valence-electron chi connectivity index (χ0n) is 9.29. The van der Waals surface area contributed by atoms with E-state index in [1.165, 1.54) is 30.3 Å². The zero-order chi connectivity index (χ0) is 13.2. The van der Waals surface area contributed by atoms with Gasteiger partial charge in [0.25, 0.3) is 0 Å². The van der Waals surface area contributed by atoms with Crippen LogP contribution in [-0.2, 0) is 10.0 Å². The first-order valence-corrected chi connectivity index (χ1v) is 6.66. The molecule has 0 radical (unpaired) electrons. The number of hydrogen-bond acceptors (Lipinski definition) is 5. The predicted molar refractivity (Wildman–Crippen MR) is 64.8 cm³/mol. The Labute approximate surface area is 103 Å². The molecule has 0 aliphatic carbocycles. The van der Waals surface area contributed by atoms with Gasteiger partial charge in [-0.15, -0.1) is 0 Å². The fraction of sp³-hybridized carbons (Fsp3) is 0.182. The lowest BCUT2D eigenvalue weighted by molar-refractivity contribution is 0.301. The Morgan fingerprint density at radius 2 is 2.00 bits per heavy atom. The van der Waals surface area contributed by atoms with Gasteiger partial charge in [-0.1, -0.05) is 0 Å². The van der Waals surface area contributed by atoms with Crippen molar-refractivity contribution >= 4 is 21.0 Å². The number of rotatable bonds is 4. The molecule has 18 heavy (non-hydrogen) atoms. The van der Waals surface area contributed by atoms with Crippen molar-refractivity contribution in [1.82, 2.24) is 4.72 Å². The van der Waals surface area contributed by atoms with Crippen molar-refractivity contribution in [2.24, 2.45) is 0 Å². The second kappa shape index (κ2) is 4.89. The number of nitrogens with one attached hydrogen (secondary N) is 1. The molecule has 0 amide bonds. The molecule has 1 aromatic heterocycles. The SMILES string of the molecule is O=c1ccc2cc(S(=O)(=O)NCCO)ccc2o1. The second-order valence-corrected chi connectivity index (χ2v) is 5.34. The summed E-state index contributed by atoms with van der Waals surface area (Å²) >= 11 is 0. The van der Waals surface area contributed by atoms with Crippen molar-refractivity contribution in [3.63, 3.8) is 0 Å². The average Bonchev–Trinajstić information content (AvgIpc) is 2.35. The van der Waals surface area contributed by atoms with Gasteiger partial charge in [-0.3, -0.25) is 0 Å². The number of sulfonamides is 1. The first kappa shape index (κ1) is 12.7. The number of aliphatic hydroxyl groups is 1. The van der Waals surface area contributed by atoms with Crippen LogP contribution in [0.25, 0.3) is 11.0 Å². The number of hydrogen-bond donors (Lipinski definition) is 2. The van der Waals surface area contributed by atoms with Gasteiger partial charge in [-0.2, -0.15) is 0 Å². The van der Waals surface area contributed by atoms with Gasteiger partial charge in [-0.25, -0.2) is 17.9 Å². The van der Waals surface area contributed by atoms with Crippen LogP contribution in [0.2, 0.25) is 0 Å². The summed E-state index contributed by atoms with van der Waals surface area (Å²) in [6.45, 7) is -0.327. The van der Waals surface area contributed by atoms with Crippen LogP contribution in [0.4, 0.5) is 0 Å². The predicted octanol–water partition coefficient (Wildman–Crippen LogP) is 0.0636. The highest BCUT2D eigenvalue weighted by Gasteiger charge is 2.13. The van der Waals surface area contributed by atoms with Gasteiger partial charge in [0.1, 0.15) is 5.58 Å². The lowest BCUT2D eigenvalue weighted by atomic mass is 10.2. The van der Waals surface area contributed by atoms with E-state index in [9.17, 15) is 13.2 Å². The summed E-state index contributed by atoms with van der Waals surface area (Å²) in [6, 6.07) is 6.87. The van der Waals surface area contributed by atoms with E-state index >= 15 is 0 Å². The smallest absolute Gasteiger partial charge is 0.336 e. The molecule has 0 fully saturated rings. The molecule has 96 valence electrons. The van der Waals surface area contributed by atoms with Crippen LogP contribution in [0.15, 0.2) is 44.4 Å². The van der Waals surface area contributed by atoms with Crippen molar-refractivity contribution in [2.75, 3.05) is 13.2 Å². The van der Waals surface area contributed by atoms with E-state index in [2.05, 4.69) is 4.72 Å².